The number of benzene rings is 1. The predicted molar refractivity (Wildman–Crippen MR) is 84.9 cm³/mol. The molecule has 0 atom stereocenters. The van der Waals surface area contributed by atoms with E-state index in [2.05, 4.69) is 0 Å². The summed E-state index contributed by atoms with van der Waals surface area (Å²) in [5, 5.41) is 9.07. The monoisotopic (exact) mass is 315 g/mol. The maximum absolute atomic E-state index is 12.3. The van der Waals surface area contributed by atoms with Crippen LogP contribution in [0.25, 0.3) is 11.3 Å². The molecule has 0 radical (unpaired) electrons. The number of Topliss-reactive ketones (excluding diaryl/α,β-unsaturated/α-hetero) is 1. The van der Waals surface area contributed by atoms with Gasteiger partial charge in [0.25, 0.3) is 5.56 Å². The molecule has 0 saturated heterocycles. The largest absolute Gasteiger partial charge is 0.494 e. The maximum atomic E-state index is 12.3. The van der Waals surface area contributed by atoms with E-state index in [0.29, 0.717) is 23.6 Å². The van der Waals surface area contributed by atoms with Gasteiger partial charge in [0.2, 0.25) is 0 Å². The molecule has 0 aliphatic rings. The number of ether oxygens (including phenoxy) is 1. The van der Waals surface area contributed by atoms with Crippen LogP contribution in [0.4, 0.5) is 0 Å². The molecule has 0 aliphatic carbocycles. The second-order valence-corrected chi connectivity index (χ2v) is 4.99. The third-order valence-corrected chi connectivity index (χ3v) is 3.25. The van der Waals surface area contributed by atoms with Crippen LogP contribution in [0.3, 0.4) is 0 Å². The van der Waals surface area contributed by atoms with E-state index < -0.39 is 11.5 Å². The molecule has 2 aromatic rings. The number of aromatic nitrogens is 1. The lowest BCUT2D eigenvalue weighted by Gasteiger charge is -2.13. The quantitative estimate of drug-likeness (QED) is 0.883. The molecular weight excluding hydrogens is 298 g/mol. The number of pyridine rings is 1. The van der Waals surface area contributed by atoms with Crippen molar-refractivity contribution in [2.24, 2.45) is 0 Å². The van der Waals surface area contributed by atoms with Crippen molar-refractivity contribution in [3.63, 3.8) is 0 Å². The van der Waals surface area contributed by atoms with Crippen molar-refractivity contribution >= 4 is 11.8 Å². The van der Waals surface area contributed by atoms with Gasteiger partial charge in [0.05, 0.1) is 18.8 Å². The van der Waals surface area contributed by atoms with Crippen LogP contribution in [0.2, 0.25) is 0 Å². The summed E-state index contributed by atoms with van der Waals surface area (Å²) in [5.41, 5.74) is 0.127. The fourth-order valence-corrected chi connectivity index (χ4v) is 2.26. The summed E-state index contributed by atoms with van der Waals surface area (Å²) >= 11 is 0. The number of hydrogen-bond donors (Lipinski definition) is 1. The molecule has 0 amide bonds. The summed E-state index contributed by atoms with van der Waals surface area (Å²) in [4.78, 5) is 34.9. The molecule has 1 aromatic heterocycles. The molecule has 0 fully saturated rings. The van der Waals surface area contributed by atoms with Gasteiger partial charge in [-0.15, -0.1) is 0 Å². The van der Waals surface area contributed by atoms with Crippen LogP contribution < -0.4 is 10.3 Å². The zero-order valence-electron chi connectivity index (χ0n) is 12.9. The molecule has 0 saturated carbocycles. The van der Waals surface area contributed by atoms with E-state index in [1.54, 1.807) is 24.3 Å². The Hall–Kier alpha value is -2.89. The fraction of sp³-hybridized carbons (Fsp3) is 0.235. The minimum atomic E-state index is -1.31. The summed E-state index contributed by atoms with van der Waals surface area (Å²) in [6, 6.07) is 9.82. The van der Waals surface area contributed by atoms with Crippen LogP contribution in [-0.2, 0) is 11.3 Å². The van der Waals surface area contributed by atoms with E-state index in [1.165, 1.54) is 23.6 Å². The van der Waals surface area contributed by atoms with E-state index in [1.807, 2.05) is 6.92 Å². The minimum absolute atomic E-state index is 0.178. The number of nitrogens with zero attached hydrogens (tertiary/aromatic N) is 1. The zero-order valence-corrected chi connectivity index (χ0v) is 12.9. The first-order chi connectivity index (χ1) is 10.9. The highest BCUT2D eigenvalue weighted by Crippen LogP contribution is 2.22. The number of aromatic carboxylic acids is 1. The normalized spacial score (nSPS) is 10.3. The molecule has 0 aliphatic heterocycles. The van der Waals surface area contributed by atoms with Crippen LogP contribution in [0.5, 0.6) is 5.75 Å². The van der Waals surface area contributed by atoms with E-state index in [9.17, 15) is 14.4 Å². The molecule has 23 heavy (non-hydrogen) atoms. The van der Waals surface area contributed by atoms with Crippen molar-refractivity contribution < 1.29 is 19.4 Å². The number of carboxylic acid groups (broad SMARTS) is 1. The van der Waals surface area contributed by atoms with Crippen LogP contribution >= 0.6 is 0 Å². The van der Waals surface area contributed by atoms with Gasteiger partial charge >= 0.3 is 5.97 Å². The van der Waals surface area contributed by atoms with Crippen molar-refractivity contribution in [3.8, 4) is 17.0 Å². The Morgan fingerprint density at radius 3 is 2.30 bits per heavy atom. The Balaban J connectivity index is 2.56. The predicted octanol–water partition coefficient (Wildman–Crippen LogP) is 2.20. The standard InChI is InChI=1S/C17H17NO5/c1-3-23-13-6-4-12(5-7-13)15-9-8-14(17(21)22)16(20)18(15)10-11(2)19/h4-9H,3,10H2,1-2H3,(H,21,22). The van der Waals surface area contributed by atoms with Crippen LogP contribution in [0.1, 0.15) is 24.2 Å². The first-order valence-corrected chi connectivity index (χ1v) is 7.13. The van der Waals surface area contributed by atoms with Crippen LogP contribution in [0, 0.1) is 0 Å². The highest BCUT2D eigenvalue weighted by molar-refractivity contribution is 5.88. The van der Waals surface area contributed by atoms with Crippen molar-refractivity contribution in [3.05, 3.63) is 52.3 Å². The first kappa shape index (κ1) is 16.5. The first-order valence-electron chi connectivity index (χ1n) is 7.13. The molecular formula is C17H17NO5. The lowest BCUT2D eigenvalue weighted by molar-refractivity contribution is -0.117. The van der Waals surface area contributed by atoms with Crippen molar-refractivity contribution in [2.75, 3.05) is 6.61 Å². The zero-order chi connectivity index (χ0) is 17.0. The Kier molecular flexibility index (Phi) is 4.95. The third-order valence-electron chi connectivity index (χ3n) is 3.25. The summed E-state index contributed by atoms with van der Waals surface area (Å²) in [7, 11) is 0. The van der Waals surface area contributed by atoms with E-state index in [-0.39, 0.29) is 17.9 Å². The van der Waals surface area contributed by atoms with Gasteiger partial charge in [-0.25, -0.2) is 4.79 Å². The van der Waals surface area contributed by atoms with E-state index in [0.717, 1.165) is 0 Å². The fourth-order valence-electron chi connectivity index (χ4n) is 2.26. The van der Waals surface area contributed by atoms with Crippen LogP contribution in [-0.4, -0.2) is 28.0 Å². The number of carboxylic acids is 1. The maximum Gasteiger partial charge on any atom is 0.341 e. The van der Waals surface area contributed by atoms with Gasteiger partial charge < -0.3 is 14.4 Å². The van der Waals surface area contributed by atoms with Crippen molar-refractivity contribution in [1.29, 1.82) is 0 Å². The molecule has 2 rings (SSSR count). The number of ketones is 1. The second-order valence-electron chi connectivity index (χ2n) is 4.99. The van der Waals surface area contributed by atoms with Crippen molar-refractivity contribution in [1.82, 2.24) is 4.57 Å². The molecule has 1 aromatic carbocycles. The third kappa shape index (κ3) is 3.66. The minimum Gasteiger partial charge on any atom is -0.494 e. The topological polar surface area (TPSA) is 85.6 Å². The van der Waals surface area contributed by atoms with E-state index >= 15 is 0 Å². The van der Waals surface area contributed by atoms with Crippen LogP contribution in [0.15, 0.2) is 41.2 Å². The van der Waals surface area contributed by atoms with Gasteiger partial charge in [0.1, 0.15) is 17.1 Å². The lowest BCUT2D eigenvalue weighted by Crippen LogP contribution is -2.29. The van der Waals surface area contributed by atoms with Gasteiger partial charge in [-0.1, -0.05) is 0 Å². The number of carbonyl (C=O) groups excluding carboxylic acids is 1. The van der Waals surface area contributed by atoms with Gasteiger partial charge in [0.15, 0.2) is 0 Å². The summed E-state index contributed by atoms with van der Waals surface area (Å²) in [6.45, 7) is 3.59. The second kappa shape index (κ2) is 6.91. The molecule has 1 heterocycles. The summed E-state index contributed by atoms with van der Waals surface area (Å²) in [5.74, 6) is -0.855. The number of rotatable bonds is 6. The Morgan fingerprint density at radius 1 is 1.13 bits per heavy atom. The molecule has 1 N–H and O–H groups in total. The SMILES string of the molecule is CCOc1ccc(-c2ccc(C(=O)O)c(=O)n2CC(C)=O)cc1. The number of carbonyl (C=O) groups is 2. The van der Waals surface area contributed by atoms with Gasteiger partial charge in [-0.2, -0.15) is 0 Å². The molecule has 0 spiro atoms. The average molecular weight is 315 g/mol. The molecule has 6 nitrogen and oxygen atoms in total. The highest BCUT2D eigenvalue weighted by Gasteiger charge is 2.16. The summed E-state index contributed by atoms with van der Waals surface area (Å²) in [6.07, 6.45) is 0. The lowest BCUT2D eigenvalue weighted by atomic mass is 10.1. The Morgan fingerprint density at radius 2 is 1.78 bits per heavy atom. The molecule has 6 heteroatoms. The van der Waals surface area contributed by atoms with E-state index in [4.69, 9.17) is 9.84 Å². The Bertz CT molecular complexity index is 790. The smallest absolute Gasteiger partial charge is 0.341 e. The van der Waals surface area contributed by atoms with Gasteiger partial charge in [-0.05, 0) is 55.8 Å². The molecule has 0 bridgehead atoms. The average Bonchev–Trinajstić information content (AvgIpc) is 2.50. The van der Waals surface area contributed by atoms with Crippen molar-refractivity contribution in [2.45, 2.75) is 20.4 Å². The molecule has 120 valence electrons. The van der Waals surface area contributed by atoms with Gasteiger partial charge in [-0.3, -0.25) is 9.59 Å². The summed E-state index contributed by atoms with van der Waals surface area (Å²) < 4.78 is 6.55. The highest BCUT2D eigenvalue weighted by atomic mass is 16.5. The number of hydrogen-bond acceptors (Lipinski definition) is 4. The van der Waals surface area contributed by atoms with Gasteiger partial charge in [0, 0.05) is 0 Å². The molecule has 0 unspecified atom stereocenters. The Labute approximate surface area is 133 Å².